The van der Waals surface area contributed by atoms with Crippen molar-refractivity contribution in [3.05, 3.63) is 53.1 Å². The van der Waals surface area contributed by atoms with Crippen LogP contribution in [-0.2, 0) is 0 Å². The smallest absolute Gasteiger partial charge is 0.323 e. The monoisotopic (exact) mass is 372 g/mol. The second kappa shape index (κ2) is 7.91. The minimum atomic E-state index is -0.105. The lowest BCUT2D eigenvalue weighted by Gasteiger charge is -2.26. The second-order valence-corrected chi connectivity index (χ2v) is 7.42. The van der Waals surface area contributed by atoms with Crippen molar-refractivity contribution in [3.63, 3.8) is 0 Å². The van der Waals surface area contributed by atoms with Crippen molar-refractivity contribution >= 4 is 23.5 Å². The predicted octanol–water partition coefficient (Wildman–Crippen LogP) is 4.60. The fourth-order valence-corrected chi connectivity index (χ4v) is 4.33. The number of ether oxygens (including phenoxy) is 2. The molecule has 1 N–H and O–H groups in total. The number of para-hydroxylation sites is 1. The van der Waals surface area contributed by atoms with Crippen LogP contribution in [0.3, 0.4) is 0 Å². The predicted molar refractivity (Wildman–Crippen MR) is 106 cm³/mol. The van der Waals surface area contributed by atoms with Crippen LogP contribution in [0.25, 0.3) is 0 Å². The third-order valence-electron chi connectivity index (χ3n) is 4.61. The lowest BCUT2D eigenvalue weighted by molar-refractivity contribution is 0.213. The largest absolute Gasteiger partial charge is 0.493 e. The summed E-state index contributed by atoms with van der Waals surface area (Å²) in [5.74, 6) is 2.23. The molecule has 1 saturated heterocycles. The zero-order chi connectivity index (χ0) is 18.7. The van der Waals surface area contributed by atoms with Gasteiger partial charge in [0.2, 0.25) is 0 Å². The Hall–Kier alpha value is -2.34. The van der Waals surface area contributed by atoms with Crippen molar-refractivity contribution in [2.75, 3.05) is 31.8 Å². The summed E-state index contributed by atoms with van der Waals surface area (Å²) in [5, 5.41) is 2.91. The molecule has 0 spiro atoms. The highest BCUT2D eigenvalue weighted by Crippen LogP contribution is 2.45. The molecule has 1 aliphatic rings. The van der Waals surface area contributed by atoms with Crippen LogP contribution in [0.5, 0.6) is 11.5 Å². The summed E-state index contributed by atoms with van der Waals surface area (Å²) in [4.78, 5) is 14.7. The number of amides is 2. The first-order chi connectivity index (χ1) is 12.5. The van der Waals surface area contributed by atoms with Crippen molar-refractivity contribution in [2.24, 2.45) is 0 Å². The summed E-state index contributed by atoms with van der Waals surface area (Å²) < 4.78 is 11.0. The van der Waals surface area contributed by atoms with Gasteiger partial charge in [-0.25, -0.2) is 4.79 Å². The van der Waals surface area contributed by atoms with Crippen LogP contribution in [-0.4, -0.2) is 37.4 Å². The molecule has 2 aromatic rings. The third-order valence-corrected chi connectivity index (χ3v) is 5.85. The molecule has 0 radical (unpaired) electrons. The number of anilines is 1. The first-order valence-electron chi connectivity index (χ1n) is 8.52. The minimum Gasteiger partial charge on any atom is -0.493 e. The van der Waals surface area contributed by atoms with E-state index >= 15 is 0 Å². The number of methoxy groups -OCH3 is 2. The molecule has 0 aliphatic carbocycles. The average molecular weight is 372 g/mol. The molecule has 26 heavy (non-hydrogen) atoms. The molecule has 0 unspecified atom stereocenters. The summed E-state index contributed by atoms with van der Waals surface area (Å²) in [6.07, 6.45) is 0. The number of aryl methyl sites for hydroxylation is 2. The fourth-order valence-electron chi connectivity index (χ4n) is 3.06. The number of urea groups is 1. The maximum Gasteiger partial charge on any atom is 0.323 e. The SMILES string of the molecule is COc1cccc([C@@H]2SCCN2C(=O)Nc2ccc(C)c(C)c2)c1OC. The molecule has 5 nitrogen and oxygen atoms in total. The van der Waals surface area contributed by atoms with Crippen LogP contribution < -0.4 is 14.8 Å². The number of hydrogen-bond acceptors (Lipinski definition) is 4. The van der Waals surface area contributed by atoms with Crippen LogP contribution >= 0.6 is 11.8 Å². The molecular formula is C20H24N2O3S. The van der Waals surface area contributed by atoms with Gasteiger partial charge in [0.15, 0.2) is 11.5 Å². The number of nitrogens with one attached hydrogen (secondary N) is 1. The van der Waals surface area contributed by atoms with Gasteiger partial charge in [-0.1, -0.05) is 18.2 Å². The number of benzene rings is 2. The van der Waals surface area contributed by atoms with Gasteiger partial charge in [0.1, 0.15) is 5.37 Å². The van der Waals surface area contributed by atoms with Crippen LogP contribution in [0.15, 0.2) is 36.4 Å². The zero-order valence-corrected chi connectivity index (χ0v) is 16.4. The highest BCUT2D eigenvalue weighted by atomic mass is 32.2. The third kappa shape index (κ3) is 3.60. The quantitative estimate of drug-likeness (QED) is 0.852. The van der Waals surface area contributed by atoms with Crippen LogP contribution in [0.1, 0.15) is 22.1 Å². The number of thioether (sulfide) groups is 1. The van der Waals surface area contributed by atoms with Gasteiger partial charge in [-0.15, -0.1) is 11.8 Å². The van der Waals surface area contributed by atoms with E-state index in [2.05, 4.69) is 12.2 Å². The van der Waals surface area contributed by atoms with Gasteiger partial charge in [-0.05, 0) is 43.2 Å². The van der Waals surface area contributed by atoms with Crippen molar-refractivity contribution in [1.82, 2.24) is 4.90 Å². The number of rotatable bonds is 4. The molecule has 6 heteroatoms. The highest BCUT2D eigenvalue weighted by molar-refractivity contribution is 7.99. The molecule has 2 aromatic carbocycles. The first-order valence-corrected chi connectivity index (χ1v) is 9.57. The maximum absolute atomic E-state index is 12.9. The van der Waals surface area contributed by atoms with E-state index in [1.807, 2.05) is 48.2 Å². The molecule has 0 aromatic heterocycles. The Morgan fingerprint density at radius 2 is 1.96 bits per heavy atom. The summed E-state index contributed by atoms with van der Waals surface area (Å²) >= 11 is 1.73. The number of nitrogens with zero attached hydrogens (tertiary/aromatic N) is 1. The molecule has 138 valence electrons. The van der Waals surface area contributed by atoms with Gasteiger partial charge in [0, 0.05) is 23.5 Å². The van der Waals surface area contributed by atoms with E-state index in [1.54, 1.807) is 26.0 Å². The Kier molecular flexibility index (Phi) is 5.61. The normalized spacial score (nSPS) is 16.5. The average Bonchev–Trinajstić information content (AvgIpc) is 3.13. The number of hydrogen-bond donors (Lipinski definition) is 1. The minimum absolute atomic E-state index is 0.104. The molecular weight excluding hydrogens is 348 g/mol. The van der Waals surface area contributed by atoms with Gasteiger partial charge in [0.05, 0.1) is 14.2 Å². The summed E-state index contributed by atoms with van der Waals surface area (Å²) in [5.41, 5.74) is 4.12. The molecule has 0 saturated carbocycles. The van der Waals surface area contributed by atoms with Gasteiger partial charge < -0.3 is 19.7 Å². The van der Waals surface area contributed by atoms with Crippen molar-refractivity contribution in [2.45, 2.75) is 19.2 Å². The van der Waals surface area contributed by atoms with Crippen molar-refractivity contribution < 1.29 is 14.3 Å². The topological polar surface area (TPSA) is 50.8 Å². The molecule has 1 aliphatic heterocycles. The van der Waals surface area contributed by atoms with Crippen LogP contribution in [0.2, 0.25) is 0 Å². The number of carbonyl (C=O) groups excluding carboxylic acids is 1. The van der Waals surface area contributed by atoms with Gasteiger partial charge >= 0.3 is 6.03 Å². The van der Waals surface area contributed by atoms with Gasteiger partial charge in [0.25, 0.3) is 0 Å². The van der Waals surface area contributed by atoms with E-state index in [0.29, 0.717) is 18.0 Å². The summed E-state index contributed by atoms with van der Waals surface area (Å²) in [7, 11) is 3.24. The van der Waals surface area contributed by atoms with E-state index in [9.17, 15) is 4.79 Å². The Labute approximate surface area is 158 Å². The molecule has 3 rings (SSSR count). The molecule has 2 amide bonds. The molecule has 1 fully saturated rings. The van der Waals surface area contributed by atoms with Gasteiger partial charge in [-0.3, -0.25) is 0 Å². The Morgan fingerprint density at radius 1 is 1.15 bits per heavy atom. The number of carbonyl (C=O) groups is 1. The summed E-state index contributed by atoms with van der Waals surface area (Å²) in [6.45, 7) is 4.79. The Morgan fingerprint density at radius 3 is 2.65 bits per heavy atom. The fraction of sp³-hybridized carbons (Fsp3) is 0.350. The summed E-state index contributed by atoms with van der Waals surface area (Å²) in [6, 6.07) is 11.6. The van der Waals surface area contributed by atoms with Crippen molar-refractivity contribution in [3.8, 4) is 11.5 Å². The Bertz CT molecular complexity index is 810. The Balaban J connectivity index is 1.84. The molecule has 0 bridgehead atoms. The maximum atomic E-state index is 12.9. The van der Waals surface area contributed by atoms with E-state index in [0.717, 1.165) is 22.6 Å². The lowest BCUT2D eigenvalue weighted by atomic mass is 10.1. The first kappa shape index (κ1) is 18.5. The standard InChI is InChI=1S/C20H24N2O3S/c1-13-8-9-15(12-14(13)2)21-20(23)22-10-11-26-19(22)16-6-5-7-17(24-3)18(16)25-4/h5-9,12,19H,10-11H2,1-4H3,(H,21,23)/t19-/m0/s1. The van der Waals surface area contributed by atoms with E-state index in [-0.39, 0.29) is 11.4 Å². The second-order valence-electron chi connectivity index (χ2n) is 6.23. The highest BCUT2D eigenvalue weighted by Gasteiger charge is 2.33. The molecule has 1 atom stereocenters. The van der Waals surface area contributed by atoms with E-state index in [4.69, 9.17) is 9.47 Å². The van der Waals surface area contributed by atoms with Gasteiger partial charge in [-0.2, -0.15) is 0 Å². The zero-order valence-electron chi connectivity index (χ0n) is 15.5. The van der Waals surface area contributed by atoms with Crippen LogP contribution in [0, 0.1) is 13.8 Å². The van der Waals surface area contributed by atoms with E-state index in [1.165, 1.54) is 5.56 Å². The molecule has 1 heterocycles. The lowest BCUT2D eigenvalue weighted by Crippen LogP contribution is -2.34. The van der Waals surface area contributed by atoms with E-state index < -0.39 is 0 Å². The van der Waals surface area contributed by atoms with Crippen molar-refractivity contribution in [1.29, 1.82) is 0 Å². The van der Waals surface area contributed by atoms with Crippen LogP contribution in [0.4, 0.5) is 10.5 Å².